The highest BCUT2D eigenvalue weighted by Crippen LogP contribution is 2.31. The molecule has 84 valence electrons. The minimum absolute atomic E-state index is 0.0564. The van der Waals surface area contributed by atoms with Crippen LogP contribution in [0.3, 0.4) is 0 Å². The topological polar surface area (TPSA) is 23.5 Å². The Morgan fingerprint density at radius 3 is 2.53 bits per heavy atom. The molecule has 0 atom stereocenters. The van der Waals surface area contributed by atoms with Gasteiger partial charge in [0.2, 0.25) is 0 Å². The van der Waals surface area contributed by atoms with Gasteiger partial charge >= 0.3 is 0 Å². The first-order valence-corrected chi connectivity index (χ1v) is 6.51. The zero-order valence-corrected chi connectivity index (χ0v) is 10.3. The molecule has 0 spiro atoms. The van der Waals surface area contributed by atoms with Crippen molar-refractivity contribution in [2.75, 3.05) is 11.9 Å². The van der Waals surface area contributed by atoms with Crippen LogP contribution < -0.4 is 4.90 Å². The second kappa shape index (κ2) is 4.54. The standard InChI is InChI=1S/C12H19NOS/c1-9-7-8-15-12(9)13(2)10-3-5-11(14)6-4-10/h7-8,10-11,14H,3-6H2,1-2H3. The van der Waals surface area contributed by atoms with E-state index in [1.165, 1.54) is 10.6 Å². The molecule has 1 aliphatic rings. The second-order valence-corrected chi connectivity index (χ2v) is 5.38. The highest BCUT2D eigenvalue weighted by atomic mass is 32.1. The van der Waals surface area contributed by atoms with Crippen molar-refractivity contribution in [2.45, 2.75) is 44.8 Å². The van der Waals surface area contributed by atoms with Gasteiger partial charge in [-0.2, -0.15) is 0 Å². The van der Waals surface area contributed by atoms with Crippen LogP contribution in [-0.2, 0) is 0 Å². The number of nitrogens with zero attached hydrogens (tertiary/aromatic N) is 1. The summed E-state index contributed by atoms with van der Waals surface area (Å²) in [4.78, 5) is 2.39. The zero-order valence-electron chi connectivity index (χ0n) is 9.44. The third kappa shape index (κ3) is 2.34. The number of anilines is 1. The third-order valence-electron chi connectivity index (χ3n) is 3.37. The molecule has 2 nitrogen and oxygen atoms in total. The summed E-state index contributed by atoms with van der Waals surface area (Å²) >= 11 is 1.82. The predicted molar refractivity (Wildman–Crippen MR) is 65.7 cm³/mol. The molecule has 0 amide bonds. The van der Waals surface area contributed by atoms with Crippen molar-refractivity contribution in [1.82, 2.24) is 0 Å². The van der Waals surface area contributed by atoms with Crippen molar-refractivity contribution in [2.24, 2.45) is 0 Å². The molecule has 0 bridgehead atoms. The lowest BCUT2D eigenvalue weighted by atomic mass is 9.92. The molecule has 2 rings (SSSR count). The lowest BCUT2D eigenvalue weighted by molar-refractivity contribution is 0.122. The quantitative estimate of drug-likeness (QED) is 0.836. The molecular weight excluding hydrogens is 206 g/mol. The van der Waals surface area contributed by atoms with Crippen molar-refractivity contribution < 1.29 is 5.11 Å². The first-order chi connectivity index (χ1) is 7.18. The van der Waals surface area contributed by atoms with Gasteiger partial charge in [-0.1, -0.05) is 0 Å². The zero-order chi connectivity index (χ0) is 10.8. The summed E-state index contributed by atoms with van der Waals surface area (Å²) in [6.07, 6.45) is 4.10. The lowest BCUT2D eigenvalue weighted by Gasteiger charge is -2.34. The molecule has 15 heavy (non-hydrogen) atoms. The Kier molecular flexibility index (Phi) is 3.32. The number of hydrogen-bond donors (Lipinski definition) is 1. The molecule has 1 aliphatic carbocycles. The van der Waals surface area contributed by atoms with Crippen LogP contribution in [0.4, 0.5) is 5.00 Å². The lowest BCUT2D eigenvalue weighted by Crippen LogP contribution is -2.36. The summed E-state index contributed by atoms with van der Waals surface area (Å²) in [6, 6.07) is 2.79. The van der Waals surface area contributed by atoms with Crippen LogP contribution in [0.15, 0.2) is 11.4 Å². The Morgan fingerprint density at radius 2 is 2.00 bits per heavy atom. The fourth-order valence-electron chi connectivity index (χ4n) is 2.34. The van der Waals surface area contributed by atoms with E-state index in [9.17, 15) is 5.11 Å². The van der Waals surface area contributed by atoms with Crippen molar-refractivity contribution in [1.29, 1.82) is 0 Å². The molecule has 1 aromatic rings. The highest BCUT2D eigenvalue weighted by Gasteiger charge is 2.23. The van der Waals surface area contributed by atoms with Gasteiger partial charge < -0.3 is 10.0 Å². The fourth-order valence-corrected chi connectivity index (χ4v) is 3.31. The minimum atomic E-state index is -0.0564. The van der Waals surface area contributed by atoms with E-state index in [1.807, 2.05) is 11.3 Å². The molecule has 1 N–H and O–H groups in total. The average molecular weight is 225 g/mol. The van der Waals surface area contributed by atoms with Gasteiger partial charge in [0.25, 0.3) is 0 Å². The van der Waals surface area contributed by atoms with Crippen molar-refractivity contribution in [3.8, 4) is 0 Å². The van der Waals surface area contributed by atoms with Crippen LogP contribution in [0, 0.1) is 6.92 Å². The Morgan fingerprint density at radius 1 is 1.33 bits per heavy atom. The first kappa shape index (κ1) is 11.0. The predicted octanol–water partition coefficient (Wildman–Crippen LogP) is 2.80. The van der Waals surface area contributed by atoms with Gasteiger partial charge in [0.1, 0.15) is 0 Å². The molecule has 0 aromatic carbocycles. The van der Waals surface area contributed by atoms with E-state index in [1.54, 1.807) is 0 Å². The Bertz CT molecular complexity index is 315. The molecule has 0 saturated heterocycles. The summed E-state index contributed by atoms with van der Waals surface area (Å²) in [5.74, 6) is 0. The van der Waals surface area contributed by atoms with Gasteiger partial charge in [-0.05, 0) is 49.6 Å². The van der Waals surface area contributed by atoms with Gasteiger partial charge in [0.15, 0.2) is 0 Å². The normalized spacial score (nSPS) is 26.6. The molecule has 1 saturated carbocycles. The van der Waals surface area contributed by atoms with Crippen LogP contribution in [0.5, 0.6) is 0 Å². The fraction of sp³-hybridized carbons (Fsp3) is 0.667. The van der Waals surface area contributed by atoms with Crippen molar-refractivity contribution >= 4 is 16.3 Å². The van der Waals surface area contributed by atoms with E-state index < -0.39 is 0 Å². The van der Waals surface area contributed by atoms with Crippen LogP contribution in [-0.4, -0.2) is 24.3 Å². The van der Waals surface area contributed by atoms with Crippen LogP contribution in [0.1, 0.15) is 31.2 Å². The van der Waals surface area contributed by atoms with Gasteiger partial charge in [0, 0.05) is 13.1 Å². The average Bonchev–Trinajstić information content (AvgIpc) is 2.65. The smallest absolute Gasteiger partial charge is 0.0938 e. The number of aryl methyl sites for hydroxylation is 1. The van der Waals surface area contributed by atoms with Crippen molar-refractivity contribution in [3.05, 3.63) is 17.0 Å². The Hall–Kier alpha value is -0.540. The minimum Gasteiger partial charge on any atom is -0.393 e. The number of rotatable bonds is 2. The van der Waals surface area contributed by atoms with E-state index in [2.05, 4.69) is 30.3 Å². The number of thiophene rings is 1. The number of aliphatic hydroxyl groups is 1. The van der Waals surface area contributed by atoms with Gasteiger partial charge in [-0.15, -0.1) is 11.3 Å². The monoisotopic (exact) mass is 225 g/mol. The summed E-state index contributed by atoms with van der Waals surface area (Å²) < 4.78 is 0. The van der Waals surface area contributed by atoms with Gasteiger partial charge in [-0.25, -0.2) is 0 Å². The molecule has 1 aromatic heterocycles. The van der Waals surface area contributed by atoms with E-state index in [-0.39, 0.29) is 6.10 Å². The van der Waals surface area contributed by atoms with E-state index in [4.69, 9.17) is 0 Å². The molecule has 1 fully saturated rings. The largest absolute Gasteiger partial charge is 0.393 e. The van der Waals surface area contributed by atoms with Crippen LogP contribution in [0.25, 0.3) is 0 Å². The number of aliphatic hydroxyl groups excluding tert-OH is 1. The van der Waals surface area contributed by atoms with Crippen LogP contribution >= 0.6 is 11.3 Å². The summed E-state index contributed by atoms with van der Waals surface area (Å²) in [6.45, 7) is 2.17. The second-order valence-electron chi connectivity index (χ2n) is 4.48. The SMILES string of the molecule is Cc1ccsc1N(C)C1CCC(O)CC1. The van der Waals surface area contributed by atoms with Crippen LogP contribution in [0.2, 0.25) is 0 Å². The van der Waals surface area contributed by atoms with E-state index in [0.29, 0.717) is 6.04 Å². The maximum atomic E-state index is 9.48. The first-order valence-electron chi connectivity index (χ1n) is 5.63. The molecule has 0 unspecified atom stereocenters. The molecule has 1 heterocycles. The van der Waals surface area contributed by atoms with Gasteiger partial charge in [0.05, 0.1) is 11.1 Å². The summed E-state index contributed by atoms with van der Waals surface area (Å²) in [5.41, 5.74) is 1.37. The number of hydrogen-bond acceptors (Lipinski definition) is 3. The van der Waals surface area contributed by atoms with Gasteiger partial charge in [-0.3, -0.25) is 0 Å². The molecule has 0 radical (unpaired) electrons. The Balaban J connectivity index is 2.02. The third-order valence-corrected chi connectivity index (χ3v) is 4.47. The van der Waals surface area contributed by atoms with E-state index in [0.717, 1.165) is 25.7 Å². The Labute approximate surface area is 95.5 Å². The maximum Gasteiger partial charge on any atom is 0.0938 e. The molecule has 0 aliphatic heterocycles. The molecule has 3 heteroatoms. The summed E-state index contributed by atoms with van der Waals surface area (Å²) in [7, 11) is 2.18. The summed E-state index contributed by atoms with van der Waals surface area (Å²) in [5, 5.41) is 13.0. The van der Waals surface area contributed by atoms with E-state index >= 15 is 0 Å². The maximum absolute atomic E-state index is 9.48. The van der Waals surface area contributed by atoms with Crippen molar-refractivity contribution in [3.63, 3.8) is 0 Å². The molecular formula is C12H19NOS. The highest BCUT2D eigenvalue weighted by molar-refractivity contribution is 7.14.